The highest BCUT2D eigenvalue weighted by Gasteiger charge is 2.30. The van der Waals surface area contributed by atoms with E-state index in [1.807, 2.05) is 4.90 Å². The van der Waals surface area contributed by atoms with Gasteiger partial charge in [-0.1, -0.05) is 0 Å². The molecular formula is C19H22N6O4. The Hall–Kier alpha value is -3.43. The third-order valence-corrected chi connectivity index (χ3v) is 5.39. The zero-order valence-corrected chi connectivity index (χ0v) is 16.2. The van der Waals surface area contributed by atoms with Crippen LogP contribution in [0.1, 0.15) is 23.2 Å². The predicted octanol–water partition coefficient (Wildman–Crippen LogP) is 1.42. The maximum Gasteiger partial charge on any atom is 0.282 e. The Labute approximate surface area is 167 Å². The van der Waals surface area contributed by atoms with Crippen LogP contribution >= 0.6 is 0 Å². The van der Waals surface area contributed by atoms with Crippen LogP contribution in [0.2, 0.25) is 0 Å². The lowest BCUT2D eigenvalue weighted by Gasteiger charge is -2.35. The van der Waals surface area contributed by atoms with Crippen molar-refractivity contribution < 1.29 is 14.5 Å². The molecule has 0 bridgehead atoms. The number of rotatable bonds is 4. The molecule has 3 heterocycles. The Morgan fingerprint density at radius 2 is 1.90 bits per heavy atom. The molecule has 1 aromatic carbocycles. The van der Waals surface area contributed by atoms with Gasteiger partial charge in [0.1, 0.15) is 5.56 Å². The number of piperazine rings is 1. The van der Waals surface area contributed by atoms with Gasteiger partial charge >= 0.3 is 0 Å². The van der Waals surface area contributed by atoms with Gasteiger partial charge in [0.05, 0.1) is 23.4 Å². The van der Waals surface area contributed by atoms with Crippen molar-refractivity contribution in [3.05, 3.63) is 46.3 Å². The maximum atomic E-state index is 12.8. The SMILES string of the molecule is Cn1cc(N2CCN(c3ccc([N+](=O)[O-])c(C(=O)N4CCCC4)c3)CC2=O)cn1. The number of nitro groups is 1. The Balaban J connectivity index is 1.57. The molecule has 0 aliphatic carbocycles. The van der Waals surface area contributed by atoms with Gasteiger partial charge in [-0.15, -0.1) is 0 Å². The summed E-state index contributed by atoms with van der Waals surface area (Å²) in [6, 6.07) is 4.51. The summed E-state index contributed by atoms with van der Waals surface area (Å²) in [5.74, 6) is -0.411. The summed E-state index contributed by atoms with van der Waals surface area (Å²) in [6.45, 7) is 2.38. The van der Waals surface area contributed by atoms with Gasteiger partial charge in [0.2, 0.25) is 5.91 Å². The number of nitrogens with zero attached hydrogens (tertiary/aromatic N) is 6. The highest BCUT2D eigenvalue weighted by molar-refractivity contribution is 6.00. The third kappa shape index (κ3) is 3.65. The number of nitro benzene ring substituents is 1. The molecule has 0 saturated carbocycles. The number of likely N-dealkylation sites (tertiary alicyclic amines) is 1. The molecule has 0 spiro atoms. The molecule has 0 N–H and O–H groups in total. The van der Waals surface area contributed by atoms with Crippen LogP contribution < -0.4 is 9.80 Å². The number of anilines is 2. The van der Waals surface area contributed by atoms with Gasteiger partial charge in [-0.3, -0.25) is 24.4 Å². The van der Waals surface area contributed by atoms with Crippen LogP contribution in [0.15, 0.2) is 30.6 Å². The Morgan fingerprint density at radius 1 is 1.14 bits per heavy atom. The molecule has 29 heavy (non-hydrogen) atoms. The van der Waals surface area contributed by atoms with Crippen LogP contribution in [0.25, 0.3) is 0 Å². The van der Waals surface area contributed by atoms with Gasteiger partial charge in [0, 0.05) is 51.2 Å². The number of aromatic nitrogens is 2. The van der Waals surface area contributed by atoms with Crippen molar-refractivity contribution in [1.82, 2.24) is 14.7 Å². The van der Waals surface area contributed by atoms with E-state index in [-0.39, 0.29) is 29.6 Å². The third-order valence-electron chi connectivity index (χ3n) is 5.39. The van der Waals surface area contributed by atoms with E-state index >= 15 is 0 Å². The second kappa shape index (κ2) is 7.53. The quantitative estimate of drug-likeness (QED) is 0.570. The number of aryl methyl sites for hydroxylation is 1. The summed E-state index contributed by atoms with van der Waals surface area (Å²) in [5, 5.41) is 15.5. The molecule has 0 atom stereocenters. The minimum Gasteiger partial charge on any atom is -0.360 e. The second-order valence-electron chi connectivity index (χ2n) is 7.30. The van der Waals surface area contributed by atoms with Crippen LogP contribution in [0.3, 0.4) is 0 Å². The van der Waals surface area contributed by atoms with Gasteiger partial charge in [-0.2, -0.15) is 5.10 Å². The lowest BCUT2D eigenvalue weighted by molar-refractivity contribution is -0.385. The van der Waals surface area contributed by atoms with E-state index in [0.29, 0.717) is 31.9 Å². The molecule has 2 aromatic rings. The first-order valence-corrected chi connectivity index (χ1v) is 9.56. The number of amides is 2. The fourth-order valence-corrected chi connectivity index (χ4v) is 3.86. The molecule has 152 valence electrons. The van der Waals surface area contributed by atoms with E-state index in [9.17, 15) is 19.7 Å². The van der Waals surface area contributed by atoms with E-state index < -0.39 is 4.92 Å². The molecular weight excluding hydrogens is 376 g/mol. The second-order valence-corrected chi connectivity index (χ2v) is 7.30. The van der Waals surface area contributed by atoms with Crippen LogP contribution in [0.4, 0.5) is 17.1 Å². The first-order valence-electron chi connectivity index (χ1n) is 9.56. The van der Waals surface area contributed by atoms with Crippen LogP contribution in [0.5, 0.6) is 0 Å². The Morgan fingerprint density at radius 3 is 2.52 bits per heavy atom. The predicted molar refractivity (Wildman–Crippen MR) is 106 cm³/mol. The summed E-state index contributed by atoms with van der Waals surface area (Å²) in [5.41, 5.74) is 1.26. The first-order chi connectivity index (χ1) is 13.9. The fraction of sp³-hybridized carbons (Fsp3) is 0.421. The molecule has 2 saturated heterocycles. The van der Waals surface area contributed by atoms with Crippen LogP contribution in [-0.2, 0) is 11.8 Å². The van der Waals surface area contributed by atoms with Gasteiger partial charge in [-0.25, -0.2) is 0 Å². The summed E-state index contributed by atoms with van der Waals surface area (Å²) < 4.78 is 1.64. The minimum absolute atomic E-state index is 0.0801. The molecule has 10 heteroatoms. The van der Waals surface area contributed by atoms with Gasteiger partial charge < -0.3 is 14.7 Å². The van der Waals surface area contributed by atoms with Crippen molar-refractivity contribution in [1.29, 1.82) is 0 Å². The molecule has 0 unspecified atom stereocenters. The van der Waals surface area contributed by atoms with Crippen LogP contribution in [-0.4, -0.2) is 64.1 Å². The molecule has 2 aliphatic heterocycles. The topological polar surface area (TPSA) is 105 Å². The summed E-state index contributed by atoms with van der Waals surface area (Å²) in [4.78, 5) is 41.6. The minimum atomic E-state index is -0.529. The maximum absolute atomic E-state index is 12.8. The molecule has 2 amide bonds. The Kier molecular flexibility index (Phi) is 4.91. The average Bonchev–Trinajstić information content (AvgIpc) is 3.39. The van der Waals surface area contributed by atoms with E-state index in [2.05, 4.69) is 5.10 Å². The molecule has 4 rings (SSSR count). The zero-order chi connectivity index (χ0) is 20.5. The van der Waals surface area contributed by atoms with Crippen molar-refractivity contribution in [3.63, 3.8) is 0 Å². The van der Waals surface area contributed by atoms with E-state index in [0.717, 1.165) is 18.5 Å². The zero-order valence-electron chi connectivity index (χ0n) is 16.2. The molecule has 2 aliphatic rings. The number of hydrogen-bond acceptors (Lipinski definition) is 6. The van der Waals surface area contributed by atoms with E-state index in [1.165, 1.54) is 6.07 Å². The number of hydrogen-bond donors (Lipinski definition) is 0. The van der Waals surface area contributed by atoms with E-state index in [4.69, 9.17) is 0 Å². The largest absolute Gasteiger partial charge is 0.360 e. The van der Waals surface area contributed by atoms with Gasteiger partial charge in [-0.05, 0) is 25.0 Å². The normalized spacial score (nSPS) is 17.1. The molecule has 1 aromatic heterocycles. The molecule has 2 fully saturated rings. The molecule has 10 nitrogen and oxygen atoms in total. The smallest absolute Gasteiger partial charge is 0.282 e. The summed E-state index contributed by atoms with van der Waals surface area (Å²) >= 11 is 0. The van der Waals surface area contributed by atoms with Crippen molar-refractivity contribution in [2.24, 2.45) is 7.05 Å². The molecule has 0 radical (unpaired) electrons. The number of carbonyl (C=O) groups is 2. The van der Waals surface area contributed by atoms with Gasteiger partial charge in [0.25, 0.3) is 11.6 Å². The van der Waals surface area contributed by atoms with Gasteiger partial charge in [0.15, 0.2) is 0 Å². The lowest BCUT2D eigenvalue weighted by atomic mass is 10.1. The van der Waals surface area contributed by atoms with Crippen molar-refractivity contribution in [2.45, 2.75) is 12.8 Å². The average molecular weight is 398 g/mol. The first kappa shape index (κ1) is 18.9. The Bertz CT molecular complexity index is 965. The lowest BCUT2D eigenvalue weighted by Crippen LogP contribution is -2.50. The van der Waals surface area contributed by atoms with Crippen molar-refractivity contribution in [2.75, 3.05) is 42.5 Å². The monoisotopic (exact) mass is 398 g/mol. The van der Waals surface area contributed by atoms with Crippen molar-refractivity contribution in [3.8, 4) is 0 Å². The van der Waals surface area contributed by atoms with Crippen molar-refractivity contribution >= 4 is 28.9 Å². The summed E-state index contributed by atoms with van der Waals surface area (Å²) in [6.07, 6.45) is 5.24. The van der Waals surface area contributed by atoms with Crippen LogP contribution in [0, 0.1) is 10.1 Å². The fourth-order valence-electron chi connectivity index (χ4n) is 3.86. The van der Waals surface area contributed by atoms with E-state index in [1.54, 1.807) is 46.1 Å². The highest BCUT2D eigenvalue weighted by atomic mass is 16.6. The summed E-state index contributed by atoms with van der Waals surface area (Å²) in [7, 11) is 1.79. The standard InChI is InChI=1S/C19H22N6O4/c1-21-12-15(11-20-21)24-9-8-23(13-18(24)26)14-4-5-17(25(28)29)16(10-14)19(27)22-6-2-3-7-22/h4-5,10-12H,2-3,6-9,13H2,1H3. The number of carbonyl (C=O) groups excluding carboxylic acids is 2. The highest BCUT2D eigenvalue weighted by Crippen LogP contribution is 2.29. The number of benzene rings is 1.